The van der Waals surface area contributed by atoms with Crippen LogP contribution in [0.15, 0.2) is 53.4 Å². The molecule has 0 saturated heterocycles. The van der Waals surface area contributed by atoms with Crippen LogP contribution in [0.25, 0.3) is 0 Å². The van der Waals surface area contributed by atoms with E-state index in [4.69, 9.17) is 4.74 Å². The zero-order valence-corrected chi connectivity index (χ0v) is 15.1. The van der Waals surface area contributed by atoms with E-state index in [1.807, 2.05) is 12.1 Å². The Hall–Kier alpha value is -2.47. The monoisotopic (exact) mass is 359 g/mol. The zero-order valence-electron chi connectivity index (χ0n) is 14.3. The van der Waals surface area contributed by atoms with Crippen molar-refractivity contribution in [3.05, 3.63) is 59.7 Å². The van der Waals surface area contributed by atoms with Crippen LogP contribution in [0.2, 0.25) is 0 Å². The SMILES string of the molecule is CCc1ccc(NC(=O)COC(=O)c2ccccc2[S@@](=O)CC)cc1. The minimum Gasteiger partial charge on any atom is -0.452 e. The van der Waals surface area contributed by atoms with Crippen LogP contribution in [0.5, 0.6) is 0 Å². The maximum atomic E-state index is 12.2. The number of carbonyl (C=O) groups is 2. The highest BCUT2D eigenvalue weighted by Crippen LogP contribution is 2.15. The summed E-state index contributed by atoms with van der Waals surface area (Å²) in [5.41, 5.74) is 2.04. The lowest BCUT2D eigenvalue weighted by atomic mass is 10.1. The molecule has 1 amide bonds. The summed E-state index contributed by atoms with van der Waals surface area (Å²) in [4.78, 5) is 24.5. The van der Waals surface area contributed by atoms with Crippen LogP contribution in [-0.2, 0) is 26.8 Å². The summed E-state index contributed by atoms with van der Waals surface area (Å²) in [6.45, 7) is 3.42. The number of hydrogen-bond acceptors (Lipinski definition) is 4. The van der Waals surface area contributed by atoms with Gasteiger partial charge in [-0.25, -0.2) is 4.79 Å². The van der Waals surface area contributed by atoms with Crippen molar-refractivity contribution in [3.63, 3.8) is 0 Å². The lowest BCUT2D eigenvalue weighted by molar-refractivity contribution is -0.119. The van der Waals surface area contributed by atoms with Gasteiger partial charge in [0.05, 0.1) is 21.3 Å². The van der Waals surface area contributed by atoms with Crippen molar-refractivity contribution in [1.29, 1.82) is 0 Å². The first kappa shape index (κ1) is 18.9. The number of carbonyl (C=O) groups excluding carboxylic acids is 2. The number of nitrogens with one attached hydrogen (secondary N) is 1. The second kappa shape index (κ2) is 9.13. The summed E-state index contributed by atoms with van der Waals surface area (Å²) >= 11 is 0. The minimum absolute atomic E-state index is 0.225. The average molecular weight is 359 g/mol. The highest BCUT2D eigenvalue weighted by atomic mass is 32.2. The summed E-state index contributed by atoms with van der Waals surface area (Å²) in [6, 6.07) is 14.0. The topological polar surface area (TPSA) is 72.5 Å². The van der Waals surface area contributed by atoms with E-state index < -0.39 is 29.3 Å². The van der Waals surface area contributed by atoms with Crippen molar-refractivity contribution in [2.45, 2.75) is 25.2 Å². The van der Waals surface area contributed by atoms with Crippen molar-refractivity contribution in [2.75, 3.05) is 17.7 Å². The van der Waals surface area contributed by atoms with E-state index in [0.717, 1.165) is 6.42 Å². The van der Waals surface area contributed by atoms with Gasteiger partial charge in [-0.1, -0.05) is 38.1 Å². The lowest BCUT2D eigenvalue weighted by Gasteiger charge is -2.09. The van der Waals surface area contributed by atoms with Crippen LogP contribution < -0.4 is 5.32 Å². The van der Waals surface area contributed by atoms with Crippen molar-refractivity contribution in [2.24, 2.45) is 0 Å². The molecule has 2 aromatic carbocycles. The number of benzene rings is 2. The smallest absolute Gasteiger partial charge is 0.339 e. The van der Waals surface area contributed by atoms with Crippen LogP contribution in [0.4, 0.5) is 5.69 Å². The third kappa shape index (κ3) is 5.26. The van der Waals surface area contributed by atoms with Crippen LogP contribution >= 0.6 is 0 Å². The molecule has 2 aromatic rings. The molecule has 0 aliphatic heterocycles. The molecular weight excluding hydrogens is 338 g/mol. The third-order valence-corrected chi connectivity index (χ3v) is 4.97. The molecule has 0 saturated carbocycles. The second-order valence-electron chi connectivity index (χ2n) is 5.31. The highest BCUT2D eigenvalue weighted by molar-refractivity contribution is 7.85. The van der Waals surface area contributed by atoms with Gasteiger partial charge < -0.3 is 10.1 Å². The molecule has 6 heteroatoms. The predicted molar refractivity (Wildman–Crippen MR) is 98.1 cm³/mol. The Bertz CT molecular complexity index is 771. The van der Waals surface area contributed by atoms with E-state index in [9.17, 15) is 13.8 Å². The Morgan fingerprint density at radius 3 is 2.36 bits per heavy atom. The number of anilines is 1. The molecule has 25 heavy (non-hydrogen) atoms. The standard InChI is InChI=1S/C19H21NO4S/c1-3-14-9-11-15(12-10-14)20-18(21)13-24-19(22)16-7-5-6-8-17(16)25(23)4-2/h5-12H,3-4,13H2,1-2H3,(H,20,21)/t25-/m0/s1. The minimum atomic E-state index is -1.27. The van der Waals surface area contributed by atoms with Gasteiger partial charge >= 0.3 is 5.97 Å². The van der Waals surface area contributed by atoms with Gasteiger partial charge in [0.2, 0.25) is 0 Å². The molecule has 5 nitrogen and oxygen atoms in total. The molecule has 0 unspecified atom stereocenters. The average Bonchev–Trinajstić information content (AvgIpc) is 2.66. The molecule has 0 aliphatic carbocycles. The Labute approximate surface area is 149 Å². The number of amides is 1. The molecular formula is C19H21NO4S. The molecule has 1 N–H and O–H groups in total. The van der Waals surface area contributed by atoms with Crippen molar-refractivity contribution in [3.8, 4) is 0 Å². The van der Waals surface area contributed by atoms with Gasteiger partial charge in [-0.15, -0.1) is 0 Å². The van der Waals surface area contributed by atoms with Gasteiger partial charge in [-0.05, 0) is 36.2 Å². The van der Waals surface area contributed by atoms with Crippen LogP contribution in [0.3, 0.4) is 0 Å². The van der Waals surface area contributed by atoms with Gasteiger partial charge in [0.25, 0.3) is 5.91 Å². The first-order valence-corrected chi connectivity index (χ1v) is 9.40. The van der Waals surface area contributed by atoms with E-state index >= 15 is 0 Å². The Kier molecular flexibility index (Phi) is 6.89. The number of hydrogen-bond donors (Lipinski definition) is 1. The van der Waals surface area contributed by atoms with E-state index in [-0.39, 0.29) is 5.56 Å². The van der Waals surface area contributed by atoms with Gasteiger partial charge in [0, 0.05) is 11.4 Å². The summed E-state index contributed by atoms with van der Waals surface area (Å²) in [7, 11) is -1.27. The molecule has 132 valence electrons. The van der Waals surface area contributed by atoms with E-state index in [1.165, 1.54) is 5.56 Å². The van der Waals surface area contributed by atoms with E-state index in [2.05, 4.69) is 12.2 Å². The predicted octanol–water partition coefficient (Wildman–Crippen LogP) is 3.17. The summed E-state index contributed by atoms with van der Waals surface area (Å²) in [5.74, 6) is -0.681. The van der Waals surface area contributed by atoms with Gasteiger partial charge in [-0.3, -0.25) is 9.00 Å². The van der Waals surface area contributed by atoms with Gasteiger partial charge in [0.1, 0.15) is 0 Å². The first-order chi connectivity index (χ1) is 12.0. The molecule has 0 heterocycles. The maximum absolute atomic E-state index is 12.2. The fraction of sp³-hybridized carbons (Fsp3) is 0.263. The van der Waals surface area contributed by atoms with E-state index in [1.54, 1.807) is 43.3 Å². The Morgan fingerprint density at radius 1 is 1.04 bits per heavy atom. The highest BCUT2D eigenvalue weighted by Gasteiger charge is 2.17. The molecule has 2 rings (SSSR count). The fourth-order valence-electron chi connectivity index (χ4n) is 2.22. The maximum Gasteiger partial charge on any atom is 0.339 e. The summed E-state index contributed by atoms with van der Waals surface area (Å²) < 4.78 is 17.1. The van der Waals surface area contributed by atoms with Crippen LogP contribution in [0, 0.1) is 0 Å². The van der Waals surface area contributed by atoms with Crippen LogP contribution in [-0.4, -0.2) is 28.4 Å². The Balaban J connectivity index is 1.95. The number of aryl methyl sites for hydroxylation is 1. The van der Waals surface area contributed by atoms with E-state index in [0.29, 0.717) is 16.3 Å². The summed E-state index contributed by atoms with van der Waals surface area (Å²) in [6.07, 6.45) is 0.921. The molecule has 0 spiro atoms. The zero-order chi connectivity index (χ0) is 18.2. The molecule has 1 atom stereocenters. The largest absolute Gasteiger partial charge is 0.452 e. The molecule has 0 aliphatic rings. The van der Waals surface area contributed by atoms with Gasteiger partial charge in [0.15, 0.2) is 6.61 Å². The van der Waals surface area contributed by atoms with Crippen molar-refractivity contribution >= 4 is 28.4 Å². The fourth-order valence-corrected chi connectivity index (χ4v) is 3.16. The molecule has 0 radical (unpaired) electrons. The van der Waals surface area contributed by atoms with Crippen molar-refractivity contribution in [1.82, 2.24) is 0 Å². The lowest BCUT2D eigenvalue weighted by Crippen LogP contribution is -2.21. The van der Waals surface area contributed by atoms with Crippen molar-refractivity contribution < 1.29 is 18.5 Å². The Morgan fingerprint density at radius 2 is 1.72 bits per heavy atom. The summed E-state index contributed by atoms with van der Waals surface area (Å²) in [5, 5.41) is 2.67. The number of rotatable bonds is 7. The molecule has 0 bridgehead atoms. The number of ether oxygens (including phenoxy) is 1. The second-order valence-corrected chi connectivity index (χ2v) is 7.01. The molecule has 0 fully saturated rings. The third-order valence-electron chi connectivity index (χ3n) is 3.59. The van der Waals surface area contributed by atoms with Gasteiger partial charge in [-0.2, -0.15) is 0 Å². The molecule has 0 aromatic heterocycles. The number of esters is 1. The van der Waals surface area contributed by atoms with Crippen LogP contribution in [0.1, 0.15) is 29.8 Å². The quantitative estimate of drug-likeness (QED) is 0.771. The first-order valence-electron chi connectivity index (χ1n) is 8.08. The normalized spacial score (nSPS) is 11.6.